The van der Waals surface area contributed by atoms with Gasteiger partial charge in [-0.3, -0.25) is 10.1 Å². The second-order valence-electron chi connectivity index (χ2n) is 4.21. The zero-order valence-electron chi connectivity index (χ0n) is 11.0. The van der Waals surface area contributed by atoms with Crippen molar-refractivity contribution in [2.24, 2.45) is 0 Å². The first-order chi connectivity index (χ1) is 10.6. The molecule has 0 saturated carbocycles. The maximum absolute atomic E-state index is 11.1. The monoisotopic (exact) mass is 409 g/mol. The molecule has 3 rings (SSSR count). The van der Waals surface area contributed by atoms with E-state index in [9.17, 15) is 10.1 Å². The minimum absolute atomic E-state index is 0.0518. The van der Waals surface area contributed by atoms with E-state index in [1.54, 1.807) is 42.5 Å². The standard InChI is InChI=1S/C14H8IN3O4/c15-11-2-1-3-12(13(11)18(19)20)22-10-6-4-9(5-7-10)14-17-16-8-21-14/h1-8H. The minimum Gasteiger partial charge on any atom is -0.450 e. The summed E-state index contributed by atoms with van der Waals surface area (Å²) < 4.78 is 11.2. The van der Waals surface area contributed by atoms with E-state index in [4.69, 9.17) is 9.15 Å². The largest absolute Gasteiger partial charge is 0.450 e. The van der Waals surface area contributed by atoms with E-state index in [1.807, 2.05) is 22.6 Å². The van der Waals surface area contributed by atoms with Crippen molar-refractivity contribution in [3.8, 4) is 23.0 Å². The molecule has 8 heteroatoms. The first-order valence-electron chi connectivity index (χ1n) is 6.12. The van der Waals surface area contributed by atoms with Crippen molar-refractivity contribution < 1.29 is 14.1 Å². The van der Waals surface area contributed by atoms with Crippen LogP contribution >= 0.6 is 22.6 Å². The zero-order valence-corrected chi connectivity index (χ0v) is 13.1. The number of nitro benzene ring substituents is 1. The van der Waals surface area contributed by atoms with Crippen LogP contribution in [0.5, 0.6) is 11.5 Å². The lowest BCUT2D eigenvalue weighted by Gasteiger charge is -2.07. The van der Waals surface area contributed by atoms with Gasteiger partial charge in [-0.1, -0.05) is 6.07 Å². The van der Waals surface area contributed by atoms with Gasteiger partial charge in [0.2, 0.25) is 18.0 Å². The molecule has 0 bridgehead atoms. The fourth-order valence-corrected chi connectivity index (χ4v) is 2.52. The number of benzene rings is 2. The number of nitrogens with zero attached hydrogens (tertiary/aromatic N) is 3. The molecule has 1 heterocycles. The van der Waals surface area contributed by atoms with Crippen LogP contribution in [-0.2, 0) is 0 Å². The van der Waals surface area contributed by atoms with Gasteiger partial charge in [0, 0.05) is 5.56 Å². The van der Waals surface area contributed by atoms with Gasteiger partial charge in [-0.05, 0) is 59.0 Å². The Morgan fingerprint density at radius 3 is 2.59 bits per heavy atom. The molecule has 0 N–H and O–H groups in total. The predicted octanol–water partition coefficient (Wildman–Crippen LogP) is 4.04. The van der Waals surface area contributed by atoms with Gasteiger partial charge in [-0.25, -0.2) is 0 Å². The lowest BCUT2D eigenvalue weighted by atomic mass is 10.2. The summed E-state index contributed by atoms with van der Waals surface area (Å²) in [7, 11) is 0. The third-order valence-electron chi connectivity index (χ3n) is 2.82. The summed E-state index contributed by atoms with van der Waals surface area (Å²) in [6, 6.07) is 11.8. The number of rotatable bonds is 4. The summed E-state index contributed by atoms with van der Waals surface area (Å²) in [4.78, 5) is 10.7. The van der Waals surface area contributed by atoms with E-state index >= 15 is 0 Å². The lowest BCUT2D eigenvalue weighted by molar-refractivity contribution is -0.386. The molecule has 3 aromatic rings. The van der Waals surface area contributed by atoms with Gasteiger partial charge in [-0.15, -0.1) is 10.2 Å². The van der Waals surface area contributed by atoms with Gasteiger partial charge in [0.25, 0.3) is 0 Å². The third-order valence-corrected chi connectivity index (χ3v) is 3.69. The summed E-state index contributed by atoms with van der Waals surface area (Å²) in [5.74, 6) is 1.07. The topological polar surface area (TPSA) is 91.3 Å². The average Bonchev–Trinajstić information content (AvgIpc) is 3.02. The number of aromatic nitrogens is 2. The van der Waals surface area contributed by atoms with Gasteiger partial charge in [-0.2, -0.15) is 0 Å². The number of halogens is 1. The Morgan fingerprint density at radius 2 is 1.95 bits per heavy atom. The Bertz CT molecular complexity index is 803. The molecule has 0 radical (unpaired) electrons. The van der Waals surface area contributed by atoms with Crippen LogP contribution < -0.4 is 4.74 Å². The fourth-order valence-electron chi connectivity index (χ4n) is 1.85. The molecule has 0 aliphatic rings. The Hall–Kier alpha value is -2.49. The molecule has 0 spiro atoms. The van der Waals surface area contributed by atoms with Crippen LogP contribution in [0.15, 0.2) is 53.3 Å². The Kier molecular flexibility index (Phi) is 4.00. The average molecular weight is 409 g/mol. The first kappa shape index (κ1) is 14.4. The molecule has 0 amide bonds. The Balaban J connectivity index is 1.88. The molecule has 2 aromatic carbocycles. The van der Waals surface area contributed by atoms with Gasteiger partial charge >= 0.3 is 5.69 Å². The molecular weight excluding hydrogens is 401 g/mol. The second-order valence-corrected chi connectivity index (χ2v) is 5.38. The van der Waals surface area contributed by atoms with Gasteiger partial charge in [0.1, 0.15) is 5.75 Å². The van der Waals surface area contributed by atoms with Crippen molar-refractivity contribution in [1.29, 1.82) is 0 Å². The SMILES string of the molecule is O=[N+]([O-])c1c(I)cccc1Oc1ccc(-c2nnco2)cc1. The highest BCUT2D eigenvalue weighted by Gasteiger charge is 2.19. The van der Waals surface area contributed by atoms with Crippen molar-refractivity contribution in [1.82, 2.24) is 10.2 Å². The van der Waals surface area contributed by atoms with Crippen molar-refractivity contribution >= 4 is 28.3 Å². The molecule has 0 aliphatic heterocycles. The molecule has 110 valence electrons. The van der Waals surface area contributed by atoms with E-state index in [1.165, 1.54) is 6.39 Å². The van der Waals surface area contributed by atoms with Gasteiger partial charge in [0.05, 0.1) is 8.49 Å². The molecule has 22 heavy (non-hydrogen) atoms. The number of hydrogen-bond donors (Lipinski definition) is 0. The molecule has 0 saturated heterocycles. The highest BCUT2D eigenvalue weighted by atomic mass is 127. The fraction of sp³-hybridized carbons (Fsp3) is 0. The van der Waals surface area contributed by atoms with E-state index < -0.39 is 4.92 Å². The highest BCUT2D eigenvalue weighted by Crippen LogP contribution is 2.35. The summed E-state index contributed by atoms with van der Waals surface area (Å²) in [6.45, 7) is 0. The summed E-state index contributed by atoms with van der Waals surface area (Å²) in [6.07, 6.45) is 1.25. The summed E-state index contributed by atoms with van der Waals surface area (Å²) >= 11 is 1.91. The Labute approximate surface area is 138 Å². The van der Waals surface area contributed by atoms with E-state index in [-0.39, 0.29) is 11.4 Å². The maximum Gasteiger partial charge on any atom is 0.324 e. The number of nitro groups is 1. The van der Waals surface area contributed by atoms with Crippen LogP contribution in [0, 0.1) is 13.7 Å². The van der Waals surface area contributed by atoms with E-state index in [0.29, 0.717) is 15.2 Å². The lowest BCUT2D eigenvalue weighted by Crippen LogP contribution is -1.95. The summed E-state index contributed by atoms with van der Waals surface area (Å²) in [5, 5.41) is 18.5. The molecular formula is C14H8IN3O4. The number of para-hydroxylation sites is 1. The van der Waals surface area contributed by atoms with Crippen LogP contribution in [-0.4, -0.2) is 15.1 Å². The smallest absolute Gasteiger partial charge is 0.324 e. The number of ether oxygens (including phenoxy) is 1. The van der Waals surface area contributed by atoms with Crippen molar-refractivity contribution in [3.05, 3.63) is 62.5 Å². The molecule has 0 aliphatic carbocycles. The van der Waals surface area contributed by atoms with E-state index in [2.05, 4.69) is 10.2 Å². The van der Waals surface area contributed by atoms with Crippen LogP contribution in [0.25, 0.3) is 11.5 Å². The molecule has 0 atom stereocenters. The van der Waals surface area contributed by atoms with Crippen molar-refractivity contribution in [2.75, 3.05) is 0 Å². The van der Waals surface area contributed by atoms with Crippen molar-refractivity contribution in [2.45, 2.75) is 0 Å². The summed E-state index contributed by atoms with van der Waals surface area (Å²) in [5.41, 5.74) is 0.686. The van der Waals surface area contributed by atoms with Crippen LogP contribution in [0.1, 0.15) is 0 Å². The van der Waals surface area contributed by atoms with E-state index in [0.717, 1.165) is 5.56 Å². The quantitative estimate of drug-likeness (QED) is 0.367. The molecule has 0 unspecified atom stereocenters. The molecule has 7 nitrogen and oxygen atoms in total. The maximum atomic E-state index is 11.1. The van der Waals surface area contributed by atoms with Crippen LogP contribution in [0.3, 0.4) is 0 Å². The highest BCUT2D eigenvalue weighted by molar-refractivity contribution is 14.1. The normalized spacial score (nSPS) is 10.4. The molecule has 0 fully saturated rings. The van der Waals surface area contributed by atoms with Crippen LogP contribution in [0.4, 0.5) is 5.69 Å². The predicted molar refractivity (Wildman–Crippen MR) is 85.6 cm³/mol. The minimum atomic E-state index is -0.454. The van der Waals surface area contributed by atoms with Crippen molar-refractivity contribution in [3.63, 3.8) is 0 Å². The zero-order chi connectivity index (χ0) is 15.5. The Morgan fingerprint density at radius 1 is 1.18 bits per heavy atom. The first-order valence-corrected chi connectivity index (χ1v) is 7.20. The van der Waals surface area contributed by atoms with Gasteiger partial charge < -0.3 is 9.15 Å². The number of hydrogen-bond acceptors (Lipinski definition) is 6. The van der Waals surface area contributed by atoms with Gasteiger partial charge in [0.15, 0.2) is 0 Å². The molecule has 1 aromatic heterocycles. The third kappa shape index (κ3) is 2.91. The van der Waals surface area contributed by atoms with Crippen LogP contribution in [0.2, 0.25) is 0 Å². The second kappa shape index (κ2) is 6.10.